The maximum atomic E-state index is 12.3. The second-order valence-corrected chi connectivity index (χ2v) is 5.87. The molecule has 98 valence electrons. The average Bonchev–Trinajstić information content (AvgIpc) is 2.67. The van der Waals surface area contributed by atoms with Crippen molar-refractivity contribution in [1.82, 2.24) is 5.32 Å². The van der Waals surface area contributed by atoms with Crippen LogP contribution in [0.4, 0.5) is 0 Å². The van der Waals surface area contributed by atoms with Crippen molar-refractivity contribution in [2.24, 2.45) is 22.7 Å². The van der Waals surface area contributed by atoms with Crippen LogP contribution in [0, 0.1) is 34.0 Å². The monoisotopic (exact) mass is 248 g/mol. The normalized spacial score (nSPS) is 21.5. The molecule has 1 saturated carbocycles. The fraction of sp³-hybridized carbons (Fsp3) is 0.643. The molecule has 0 aromatic rings. The molecule has 0 bridgehead atoms. The van der Waals surface area contributed by atoms with Gasteiger partial charge in [-0.2, -0.15) is 5.26 Å². The third-order valence-electron chi connectivity index (χ3n) is 4.40. The zero-order valence-electron chi connectivity index (χ0n) is 11.4. The molecule has 1 rings (SSSR count). The van der Waals surface area contributed by atoms with E-state index in [1.807, 2.05) is 33.8 Å². The highest BCUT2D eigenvalue weighted by molar-refractivity contribution is 6.06. The summed E-state index contributed by atoms with van der Waals surface area (Å²) in [4.78, 5) is 24.0. The molecule has 0 aromatic heterocycles. The predicted molar refractivity (Wildman–Crippen MR) is 68.4 cm³/mol. The minimum Gasteiger partial charge on any atom is -0.351 e. The molecule has 1 aliphatic carbocycles. The second kappa shape index (κ2) is 4.56. The molecular formula is C14H20N2O2. The smallest absolute Gasteiger partial charge is 0.245 e. The number of nitrogens with one attached hydrogen (secondary N) is 1. The van der Waals surface area contributed by atoms with E-state index in [-0.39, 0.29) is 29.1 Å². The minimum atomic E-state index is -1.21. The Labute approximate surface area is 108 Å². The van der Waals surface area contributed by atoms with Gasteiger partial charge in [0.25, 0.3) is 0 Å². The van der Waals surface area contributed by atoms with Crippen molar-refractivity contribution < 1.29 is 9.59 Å². The summed E-state index contributed by atoms with van der Waals surface area (Å²) in [6.45, 7) is 11.7. The maximum Gasteiger partial charge on any atom is 0.245 e. The van der Waals surface area contributed by atoms with Gasteiger partial charge in [0, 0.05) is 12.5 Å². The molecule has 18 heavy (non-hydrogen) atoms. The lowest BCUT2D eigenvalue weighted by Gasteiger charge is -2.09. The van der Waals surface area contributed by atoms with Crippen molar-refractivity contribution in [2.75, 3.05) is 6.54 Å². The summed E-state index contributed by atoms with van der Waals surface area (Å²) in [5.41, 5.74) is -0.310. The zero-order valence-corrected chi connectivity index (χ0v) is 11.4. The Morgan fingerprint density at radius 3 is 2.22 bits per heavy atom. The zero-order chi connectivity index (χ0) is 14.1. The molecule has 1 fully saturated rings. The van der Waals surface area contributed by atoms with Crippen LogP contribution in [-0.4, -0.2) is 18.2 Å². The van der Waals surface area contributed by atoms with E-state index < -0.39 is 11.8 Å². The Morgan fingerprint density at radius 2 is 1.89 bits per heavy atom. The van der Waals surface area contributed by atoms with Crippen molar-refractivity contribution in [3.63, 3.8) is 0 Å². The van der Waals surface area contributed by atoms with Gasteiger partial charge in [0.1, 0.15) is 0 Å². The quantitative estimate of drug-likeness (QED) is 0.594. The molecule has 4 heteroatoms. The molecule has 0 aromatic carbocycles. The molecule has 1 amide bonds. The molecular weight excluding hydrogens is 228 g/mol. The first-order valence-corrected chi connectivity index (χ1v) is 6.03. The first kappa shape index (κ1) is 14.4. The summed E-state index contributed by atoms with van der Waals surface area (Å²) in [7, 11) is 0. The minimum absolute atomic E-state index is 0.155. The van der Waals surface area contributed by atoms with E-state index in [1.54, 1.807) is 0 Å². The predicted octanol–water partition coefficient (Wildman–Crippen LogP) is 1.68. The standard InChI is InChI=1S/C14H20N2O2/c1-6-7-16-12(18)9(8-15)10(17)11-13(2,3)14(11,4)5/h6,9,11H,1,7H2,2-5H3,(H,16,18)/t9-/m0/s1. The van der Waals surface area contributed by atoms with Crippen LogP contribution < -0.4 is 5.32 Å². The van der Waals surface area contributed by atoms with Crippen molar-refractivity contribution in [3.8, 4) is 6.07 Å². The largest absolute Gasteiger partial charge is 0.351 e. The first-order valence-electron chi connectivity index (χ1n) is 6.03. The number of Topliss-reactive ketones (excluding diaryl/α,β-unsaturated/α-hetero) is 1. The van der Waals surface area contributed by atoms with E-state index >= 15 is 0 Å². The van der Waals surface area contributed by atoms with E-state index in [0.717, 1.165) is 0 Å². The number of carbonyl (C=O) groups is 2. The third-order valence-corrected chi connectivity index (χ3v) is 4.40. The number of nitriles is 1. The van der Waals surface area contributed by atoms with Crippen molar-refractivity contribution in [2.45, 2.75) is 27.7 Å². The van der Waals surface area contributed by atoms with E-state index in [4.69, 9.17) is 5.26 Å². The SMILES string of the molecule is C=CCNC(=O)[C@@H](C#N)C(=O)C1C(C)(C)C1(C)C. The van der Waals surface area contributed by atoms with Crippen LogP contribution in [0.1, 0.15) is 27.7 Å². The van der Waals surface area contributed by atoms with Crippen LogP contribution in [0.3, 0.4) is 0 Å². The number of carbonyl (C=O) groups excluding carboxylic acids is 2. The van der Waals surface area contributed by atoms with Gasteiger partial charge in [0.05, 0.1) is 6.07 Å². The van der Waals surface area contributed by atoms with Crippen LogP contribution in [0.25, 0.3) is 0 Å². The molecule has 1 atom stereocenters. The Balaban J connectivity index is 2.81. The van der Waals surface area contributed by atoms with Crippen molar-refractivity contribution in [1.29, 1.82) is 5.26 Å². The number of ketones is 1. The van der Waals surface area contributed by atoms with Gasteiger partial charge in [-0.3, -0.25) is 9.59 Å². The highest BCUT2D eigenvalue weighted by Crippen LogP contribution is 2.69. The van der Waals surface area contributed by atoms with Gasteiger partial charge in [0.15, 0.2) is 11.7 Å². The lowest BCUT2D eigenvalue weighted by Crippen LogP contribution is -2.36. The van der Waals surface area contributed by atoms with Crippen LogP contribution in [-0.2, 0) is 9.59 Å². The summed E-state index contributed by atoms with van der Waals surface area (Å²) >= 11 is 0. The van der Waals surface area contributed by atoms with Gasteiger partial charge in [-0.1, -0.05) is 33.8 Å². The summed E-state index contributed by atoms with van der Waals surface area (Å²) in [5.74, 6) is -2.24. The van der Waals surface area contributed by atoms with Gasteiger partial charge in [-0.25, -0.2) is 0 Å². The number of hydrogen-bond donors (Lipinski definition) is 1. The molecule has 0 saturated heterocycles. The highest BCUT2D eigenvalue weighted by Gasteiger charge is 2.69. The fourth-order valence-corrected chi connectivity index (χ4v) is 2.60. The van der Waals surface area contributed by atoms with Crippen LogP contribution in [0.2, 0.25) is 0 Å². The Kier molecular flexibility index (Phi) is 3.66. The Morgan fingerprint density at radius 1 is 1.39 bits per heavy atom. The van der Waals surface area contributed by atoms with Gasteiger partial charge < -0.3 is 5.32 Å². The molecule has 0 aliphatic heterocycles. The first-order chi connectivity index (χ1) is 8.21. The summed E-state index contributed by atoms with van der Waals surface area (Å²) in [6.07, 6.45) is 1.52. The molecule has 4 nitrogen and oxygen atoms in total. The third kappa shape index (κ3) is 2.05. The van der Waals surface area contributed by atoms with Crippen molar-refractivity contribution in [3.05, 3.63) is 12.7 Å². The van der Waals surface area contributed by atoms with Gasteiger partial charge in [0.2, 0.25) is 5.91 Å². The second-order valence-electron chi connectivity index (χ2n) is 5.87. The fourth-order valence-electron chi connectivity index (χ4n) is 2.60. The summed E-state index contributed by atoms with van der Waals surface area (Å²) < 4.78 is 0. The molecule has 1 aliphatic rings. The van der Waals surface area contributed by atoms with Crippen LogP contribution in [0.5, 0.6) is 0 Å². The molecule has 1 N–H and O–H groups in total. The molecule has 0 heterocycles. The van der Waals surface area contributed by atoms with Gasteiger partial charge >= 0.3 is 0 Å². The maximum absolute atomic E-state index is 12.3. The Hall–Kier alpha value is -1.63. The van der Waals surface area contributed by atoms with E-state index in [2.05, 4.69) is 11.9 Å². The van der Waals surface area contributed by atoms with Crippen LogP contribution >= 0.6 is 0 Å². The number of hydrogen-bond acceptors (Lipinski definition) is 3. The van der Waals surface area contributed by atoms with Gasteiger partial charge in [-0.05, 0) is 10.8 Å². The topological polar surface area (TPSA) is 70.0 Å². The molecule has 0 radical (unpaired) electrons. The summed E-state index contributed by atoms with van der Waals surface area (Å²) in [6, 6.07) is 1.81. The molecule has 0 spiro atoms. The Bertz CT molecular complexity index is 416. The van der Waals surface area contributed by atoms with Gasteiger partial charge in [-0.15, -0.1) is 6.58 Å². The lowest BCUT2D eigenvalue weighted by molar-refractivity contribution is -0.132. The number of nitrogens with zero attached hydrogens (tertiary/aromatic N) is 1. The van der Waals surface area contributed by atoms with E-state index in [9.17, 15) is 9.59 Å². The van der Waals surface area contributed by atoms with Crippen molar-refractivity contribution >= 4 is 11.7 Å². The lowest BCUT2D eigenvalue weighted by atomic mass is 9.96. The number of rotatable bonds is 5. The number of amides is 1. The average molecular weight is 248 g/mol. The summed E-state index contributed by atoms with van der Waals surface area (Å²) in [5, 5.41) is 11.5. The highest BCUT2D eigenvalue weighted by atomic mass is 16.2. The van der Waals surface area contributed by atoms with Crippen LogP contribution in [0.15, 0.2) is 12.7 Å². The molecule has 0 unspecified atom stereocenters. The van der Waals surface area contributed by atoms with E-state index in [0.29, 0.717) is 0 Å². The van der Waals surface area contributed by atoms with E-state index in [1.165, 1.54) is 6.08 Å².